The van der Waals surface area contributed by atoms with E-state index in [9.17, 15) is 4.79 Å². The lowest BCUT2D eigenvalue weighted by Gasteiger charge is -2.08. The molecule has 2 aromatic heterocycles. The number of aldehydes is 1. The summed E-state index contributed by atoms with van der Waals surface area (Å²) >= 11 is 0. The molecule has 0 amide bonds. The SMILES string of the molecule is CCCCOc1nc(N)c2ncn(Cc3ccc(C=O)c(C)c3)c2n1. The van der Waals surface area contributed by atoms with Gasteiger partial charge in [0, 0.05) is 5.56 Å². The molecular weight excluding hydrogens is 318 g/mol. The first-order valence-corrected chi connectivity index (χ1v) is 8.28. The van der Waals surface area contributed by atoms with Gasteiger partial charge in [0.25, 0.3) is 0 Å². The molecule has 0 aliphatic rings. The molecule has 0 unspecified atom stereocenters. The Morgan fingerprint density at radius 3 is 2.88 bits per heavy atom. The van der Waals surface area contributed by atoms with Crippen LogP contribution in [0.25, 0.3) is 11.2 Å². The van der Waals surface area contributed by atoms with E-state index < -0.39 is 0 Å². The third kappa shape index (κ3) is 3.60. The number of nitrogen functional groups attached to an aromatic ring is 1. The number of ether oxygens (including phenoxy) is 1. The monoisotopic (exact) mass is 339 g/mol. The molecule has 1 aromatic carbocycles. The van der Waals surface area contributed by atoms with E-state index in [0.717, 1.165) is 30.3 Å². The molecule has 2 N–H and O–H groups in total. The van der Waals surface area contributed by atoms with Crippen LogP contribution in [0.5, 0.6) is 6.01 Å². The lowest BCUT2D eigenvalue weighted by molar-refractivity contribution is 0.112. The van der Waals surface area contributed by atoms with Crippen LogP contribution in [0.4, 0.5) is 5.82 Å². The van der Waals surface area contributed by atoms with Crippen molar-refractivity contribution in [3.63, 3.8) is 0 Å². The molecule has 0 saturated heterocycles. The van der Waals surface area contributed by atoms with Crippen LogP contribution in [-0.4, -0.2) is 32.4 Å². The second-order valence-corrected chi connectivity index (χ2v) is 5.95. The quantitative estimate of drug-likeness (QED) is 0.525. The number of hydrogen-bond donors (Lipinski definition) is 1. The molecule has 0 aliphatic carbocycles. The Labute approximate surface area is 145 Å². The number of imidazole rings is 1. The van der Waals surface area contributed by atoms with Crippen LogP contribution >= 0.6 is 0 Å². The highest BCUT2D eigenvalue weighted by atomic mass is 16.5. The Kier molecular flexibility index (Phi) is 4.92. The summed E-state index contributed by atoms with van der Waals surface area (Å²) < 4.78 is 7.48. The van der Waals surface area contributed by atoms with Gasteiger partial charge in [0.15, 0.2) is 17.0 Å². The predicted octanol–water partition coefficient (Wildman–Crippen LogP) is 2.76. The fourth-order valence-corrected chi connectivity index (χ4v) is 2.60. The Morgan fingerprint density at radius 1 is 1.32 bits per heavy atom. The summed E-state index contributed by atoms with van der Waals surface area (Å²) in [5, 5.41) is 0. The second kappa shape index (κ2) is 7.29. The average molecular weight is 339 g/mol. The van der Waals surface area contributed by atoms with Gasteiger partial charge in [-0.2, -0.15) is 9.97 Å². The molecule has 130 valence electrons. The number of nitrogens with two attached hydrogens (primary N) is 1. The van der Waals surface area contributed by atoms with Crippen molar-refractivity contribution in [1.29, 1.82) is 0 Å². The zero-order valence-electron chi connectivity index (χ0n) is 14.4. The molecule has 3 rings (SSSR count). The number of anilines is 1. The third-order valence-corrected chi connectivity index (χ3v) is 4.01. The van der Waals surface area contributed by atoms with E-state index in [1.54, 1.807) is 6.33 Å². The second-order valence-electron chi connectivity index (χ2n) is 5.95. The topological polar surface area (TPSA) is 95.9 Å². The molecule has 7 nitrogen and oxygen atoms in total. The predicted molar refractivity (Wildman–Crippen MR) is 95.8 cm³/mol. The van der Waals surface area contributed by atoms with Gasteiger partial charge >= 0.3 is 6.01 Å². The van der Waals surface area contributed by atoms with Crippen LogP contribution in [0.1, 0.15) is 41.3 Å². The molecule has 0 aliphatic heterocycles. The molecule has 25 heavy (non-hydrogen) atoms. The minimum absolute atomic E-state index is 0.271. The van der Waals surface area contributed by atoms with E-state index in [1.165, 1.54) is 0 Å². The Balaban J connectivity index is 1.90. The van der Waals surface area contributed by atoms with E-state index in [-0.39, 0.29) is 6.01 Å². The van der Waals surface area contributed by atoms with Crippen molar-refractivity contribution < 1.29 is 9.53 Å². The first-order valence-electron chi connectivity index (χ1n) is 8.28. The third-order valence-electron chi connectivity index (χ3n) is 4.01. The smallest absolute Gasteiger partial charge is 0.320 e. The molecular formula is C18H21N5O2. The van der Waals surface area contributed by atoms with E-state index in [1.807, 2.05) is 29.7 Å². The van der Waals surface area contributed by atoms with Crippen LogP contribution in [0.15, 0.2) is 24.5 Å². The molecule has 0 saturated carbocycles. The van der Waals surface area contributed by atoms with Crippen molar-refractivity contribution in [2.75, 3.05) is 12.3 Å². The lowest BCUT2D eigenvalue weighted by Crippen LogP contribution is -2.06. The number of unbranched alkanes of at least 4 members (excludes halogenated alkanes) is 1. The number of aryl methyl sites for hydroxylation is 1. The normalized spacial score (nSPS) is 11.0. The average Bonchev–Trinajstić information content (AvgIpc) is 2.99. The molecule has 0 spiro atoms. The van der Waals surface area contributed by atoms with Gasteiger partial charge in [0.05, 0.1) is 19.5 Å². The Bertz CT molecular complexity index is 904. The van der Waals surface area contributed by atoms with Crippen molar-refractivity contribution in [2.45, 2.75) is 33.2 Å². The number of fused-ring (bicyclic) bond motifs is 1. The van der Waals surface area contributed by atoms with Gasteiger partial charge in [-0.25, -0.2) is 4.98 Å². The standard InChI is InChI=1S/C18H21N5O2/c1-3-4-7-25-18-21-16(19)15-17(22-18)23(11-20-15)9-13-5-6-14(10-24)12(2)8-13/h5-6,8,10-11H,3-4,7,9H2,1-2H3,(H2,19,21,22). The molecule has 0 fully saturated rings. The molecule has 2 heterocycles. The molecule has 7 heteroatoms. The van der Waals surface area contributed by atoms with Gasteiger partial charge in [0.2, 0.25) is 0 Å². The first kappa shape index (κ1) is 16.9. The largest absolute Gasteiger partial charge is 0.463 e. The summed E-state index contributed by atoms with van der Waals surface area (Å²) in [4.78, 5) is 23.9. The van der Waals surface area contributed by atoms with Crippen LogP contribution in [0.2, 0.25) is 0 Å². The van der Waals surface area contributed by atoms with Gasteiger partial charge in [0.1, 0.15) is 6.29 Å². The van der Waals surface area contributed by atoms with Crippen molar-refractivity contribution in [1.82, 2.24) is 19.5 Å². The minimum atomic E-state index is 0.271. The maximum absolute atomic E-state index is 11.0. The van der Waals surface area contributed by atoms with E-state index >= 15 is 0 Å². The summed E-state index contributed by atoms with van der Waals surface area (Å²) in [5.41, 5.74) is 9.86. The number of hydrogen-bond acceptors (Lipinski definition) is 6. The van der Waals surface area contributed by atoms with Crippen LogP contribution in [0.3, 0.4) is 0 Å². The molecule has 0 atom stereocenters. The van der Waals surface area contributed by atoms with Gasteiger partial charge in [-0.15, -0.1) is 0 Å². The number of benzene rings is 1. The number of rotatable bonds is 7. The van der Waals surface area contributed by atoms with Crippen molar-refractivity contribution >= 4 is 23.3 Å². The highest BCUT2D eigenvalue weighted by molar-refractivity contribution is 5.82. The van der Waals surface area contributed by atoms with Crippen molar-refractivity contribution in [2.24, 2.45) is 0 Å². The molecule has 0 bridgehead atoms. The number of aromatic nitrogens is 4. The van der Waals surface area contributed by atoms with Gasteiger partial charge in [-0.3, -0.25) is 4.79 Å². The highest BCUT2D eigenvalue weighted by Gasteiger charge is 2.12. The number of carbonyl (C=O) groups is 1. The summed E-state index contributed by atoms with van der Waals surface area (Å²) in [6.07, 6.45) is 4.52. The van der Waals surface area contributed by atoms with Gasteiger partial charge in [-0.05, 0) is 24.5 Å². The summed E-state index contributed by atoms with van der Waals surface area (Å²) in [6, 6.07) is 6.00. The fraction of sp³-hybridized carbons (Fsp3) is 0.333. The van der Waals surface area contributed by atoms with Crippen LogP contribution < -0.4 is 10.5 Å². The fourth-order valence-electron chi connectivity index (χ4n) is 2.60. The maximum Gasteiger partial charge on any atom is 0.320 e. The number of nitrogens with zero attached hydrogens (tertiary/aromatic N) is 4. The van der Waals surface area contributed by atoms with E-state index in [0.29, 0.717) is 35.7 Å². The zero-order valence-corrected chi connectivity index (χ0v) is 14.4. The van der Waals surface area contributed by atoms with E-state index in [4.69, 9.17) is 10.5 Å². The van der Waals surface area contributed by atoms with Crippen molar-refractivity contribution in [3.8, 4) is 6.01 Å². The summed E-state index contributed by atoms with van der Waals surface area (Å²) in [5.74, 6) is 0.308. The lowest BCUT2D eigenvalue weighted by atomic mass is 10.1. The Morgan fingerprint density at radius 2 is 2.16 bits per heavy atom. The minimum Gasteiger partial charge on any atom is -0.463 e. The van der Waals surface area contributed by atoms with E-state index in [2.05, 4.69) is 21.9 Å². The highest BCUT2D eigenvalue weighted by Crippen LogP contribution is 2.21. The van der Waals surface area contributed by atoms with Gasteiger partial charge in [-0.1, -0.05) is 31.5 Å². The summed E-state index contributed by atoms with van der Waals surface area (Å²) in [7, 11) is 0. The number of carbonyl (C=O) groups excluding carboxylic acids is 1. The molecule has 0 radical (unpaired) electrons. The first-order chi connectivity index (χ1) is 12.1. The van der Waals surface area contributed by atoms with Crippen LogP contribution in [-0.2, 0) is 6.54 Å². The van der Waals surface area contributed by atoms with Gasteiger partial charge < -0.3 is 15.0 Å². The molecule has 3 aromatic rings. The van der Waals surface area contributed by atoms with Crippen molar-refractivity contribution in [3.05, 3.63) is 41.2 Å². The Hall–Kier alpha value is -2.96. The summed E-state index contributed by atoms with van der Waals surface area (Å²) in [6.45, 7) is 5.14. The zero-order chi connectivity index (χ0) is 17.8. The maximum atomic E-state index is 11.0. The van der Waals surface area contributed by atoms with Crippen LogP contribution in [0, 0.1) is 6.92 Å².